The van der Waals surface area contributed by atoms with Gasteiger partial charge in [0.05, 0.1) is 12.7 Å². The molecular formula is C14H16O9. The first-order chi connectivity index (χ1) is 10.8. The minimum Gasteiger partial charge on any atom is -0.479 e. The summed E-state index contributed by atoms with van der Waals surface area (Å²) < 4.78 is 14.8. The lowest BCUT2D eigenvalue weighted by atomic mass is 9.99. The molecule has 9 nitrogen and oxygen atoms in total. The molecule has 1 aromatic carbocycles. The van der Waals surface area contributed by atoms with Crippen LogP contribution in [0.15, 0.2) is 24.3 Å². The minimum absolute atomic E-state index is 0.162. The fourth-order valence-electron chi connectivity index (χ4n) is 2.07. The highest BCUT2D eigenvalue weighted by atomic mass is 16.7. The van der Waals surface area contributed by atoms with Gasteiger partial charge in [-0.3, -0.25) is 0 Å². The van der Waals surface area contributed by atoms with E-state index in [1.54, 1.807) is 0 Å². The molecule has 0 radical (unpaired) electrons. The van der Waals surface area contributed by atoms with E-state index in [1.807, 2.05) is 0 Å². The number of aliphatic carboxylic acids is 1. The summed E-state index contributed by atoms with van der Waals surface area (Å²) in [6, 6.07) is 5.57. The van der Waals surface area contributed by atoms with Crippen LogP contribution in [0.1, 0.15) is 10.4 Å². The fourth-order valence-corrected chi connectivity index (χ4v) is 2.07. The van der Waals surface area contributed by atoms with E-state index in [2.05, 4.69) is 4.74 Å². The lowest BCUT2D eigenvalue weighted by Gasteiger charge is -2.38. The molecule has 0 saturated carbocycles. The Labute approximate surface area is 130 Å². The molecule has 1 aromatic rings. The average Bonchev–Trinajstić information content (AvgIpc) is 2.55. The predicted octanol–water partition coefficient (Wildman–Crippen LogP) is -1.26. The summed E-state index contributed by atoms with van der Waals surface area (Å²) >= 11 is 0. The molecule has 0 aliphatic carbocycles. The van der Waals surface area contributed by atoms with E-state index in [0.29, 0.717) is 0 Å². The number of hydrogen-bond donors (Lipinski definition) is 4. The molecule has 0 spiro atoms. The molecule has 1 fully saturated rings. The molecule has 0 aromatic heterocycles. The van der Waals surface area contributed by atoms with Gasteiger partial charge in [-0.05, 0) is 24.3 Å². The number of aliphatic hydroxyl groups excluding tert-OH is 3. The number of esters is 1. The molecule has 9 heteroatoms. The second kappa shape index (κ2) is 6.92. The number of rotatable bonds is 4. The van der Waals surface area contributed by atoms with Gasteiger partial charge in [-0.25, -0.2) is 9.59 Å². The molecule has 0 amide bonds. The van der Waals surface area contributed by atoms with Crippen molar-refractivity contribution >= 4 is 11.9 Å². The zero-order valence-electron chi connectivity index (χ0n) is 12.0. The van der Waals surface area contributed by atoms with Crippen molar-refractivity contribution in [3.8, 4) is 5.75 Å². The fraction of sp³-hybridized carbons (Fsp3) is 0.429. The van der Waals surface area contributed by atoms with Gasteiger partial charge < -0.3 is 34.6 Å². The van der Waals surface area contributed by atoms with Crippen LogP contribution in [0, 0.1) is 0 Å². The van der Waals surface area contributed by atoms with Crippen molar-refractivity contribution in [1.29, 1.82) is 0 Å². The molecule has 2 rings (SSSR count). The maximum atomic E-state index is 11.3. The Morgan fingerprint density at radius 2 is 1.65 bits per heavy atom. The molecule has 1 saturated heterocycles. The molecule has 23 heavy (non-hydrogen) atoms. The van der Waals surface area contributed by atoms with E-state index in [1.165, 1.54) is 31.4 Å². The van der Waals surface area contributed by atoms with Crippen molar-refractivity contribution in [2.75, 3.05) is 7.11 Å². The maximum Gasteiger partial charge on any atom is 0.337 e. The van der Waals surface area contributed by atoms with Crippen molar-refractivity contribution in [2.24, 2.45) is 0 Å². The smallest absolute Gasteiger partial charge is 0.337 e. The first-order valence-corrected chi connectivity index (χ1v) is 6.62. The number of aliphatic hydroxyl groups is 3. The number of benzene rings is 1. The van der Waals surface area contributed by atoms with Crippen molar-refractivity contribution < 1.29 is 44.2 Å². The Bertz CT molecular complexity index is 570. The Kier molecular flexibility index (Phi) is 5.16. The number of carboxylic acid groups (broad SMARTS) is 1. The van der Waals surface area contributed by atoms with E-state index in [-0.39, 0.29) is 11.3 Å². The second-order valence-electron chi connectivity index (χ2n) is 4.87. The summed E-state index contributed by atoms with van der Waals surface area (Å²) in [7, 11) is 1.23. The molecule has 1 aliphatic heterocycles. The van der Waals surface area contributed by atoms with Crippen LogP contribution in [-0.2, 0) is 14.3 Å². The van der Waals surface area contributed by atoms with Crippen molar-refractivity contribution in [1.82, 2.24) is 0 Å². The van der Waals surface area contributed by atoms with Gasteiger partial charge in [0.2, 0.25) is 6.29 Å². The Morgan fingerprint density at radius 3 is 2.17 bits per heavy atom. The summed E-state index contributed by atoms with van der Waals surface area (Å²) in [6.07, 6.45) is -8.43. The lowest BCUT2D eigenvalue weighted by molar-refractivity contribution is -0.271. The number of hydrogen-bond acceptors (Lipinski definition) is 8. The number of carboxylic acids is 1. The summed E-state index contributed by atoms with van der Waals surface area (Å²) in [5.74, 6) is -1.89. The van der Waals surface area contributed by atoms with Crippen LogP contribution in [-0.4, -0.2) is 70.2 Å². The highest BCUT2D eigenvalue weighted by molar-refractivity contribution is 5.89. The third-order valence-electron chi connectivity index (χ3n) is 3.34. The van der Waals surface area contributed by atoms with E-state index < -0.39 is 42.6 Å². The largest absolute Gasteiger partial charge is 0.479 e. The lowest BCUT2D eigenvalue weighted by Crippen LogP contribution is -2.61. The summed E-state index contributed by atoms with van der Waals surface area (Å²) in [6.45, 7) is 0. The molecule has 1 heterocycles. The van der Waals surface area contributed by atoms with Crippen LogP contribution in [0.25, 0.3) is 0 Å². The van der Waals surface area contributed by atoms with E-state index >= 15 is 0 Å². The van der Waals surface area contributed by atoms with Crippen LogP contribution in [0.3, 0.4) is 0 Å². The highest BCUT2D eigenvalue weighted by Gasteiger charge is 2.48. The van der Waals surface area contributed by atoms with Gasteiger partial charge in [0, 0.05) is 0 Å². The van der Waals surface area contributed by atoms with Crippen LogP contribution in [0.4, 0.5) is 0 Å². The molecule has 1 aliphatic rings. The molecule has 126 valence electrons. The highest BCUT2D eigenvalue weighted by Crippen LogP contribution is 2.24. The van der Waals surface area contributed by atoms with Gasteiger partial charge in [0.1, 0.15) is 24.1 Å². The Balaban J connectivity index is 2.11. The van der Waals surface area contributed by atoms with Crippen LogP contribution in [0.5, 0.6) is 5.75 Å². The van der Waals surface area contributed by atoms with Gasteiger partial charge in [-0.1, -0.05) is 0 Å². The molecular weight excluding hydrogens is 312 g/mol. The number of methoxy groups -OCH3 is 1. The van der Waals surface area contributed by atoms with Gasteiger partial charge in [0.15, 0.2) is 6.10 Å². The van der Waals surface area contributed by atoms with E-state index in [9.17, 15) is 24.9 Å². The van der Waals surface area contributed by atoms with E-state index in [4.69, 9.17) is 14.6 Å². The van der Waals surface area contributed by atoms with Gasteiger partial charge in [-0.2, -0.15) is 0 Å². The minimum atomic E-state index is -1.79. The normalized spacial score (nSPS) is 30.5. The van der Waals surface area contributed by atoms with Crippen LogP contribution in [0.2, 0.25) is 0 Å². The number of ether oxygens (including phenoxy) is 3. The second-order valence-corrected chi connectivity index (χ2v) is 4.87. The SMILES string of the molecule is COC(=O)c1ccc(O[C@@H]2O[C@H](C(=O)O)[C@@H](O)[C@H](O)[C@H]2O)cc1. The molecule has 4 N–H and O–H groups in total. The van der Waals surface area contributed by atoms with E-state index in [0.717, 1.165) is 0 Å². The third-order valence-corrected chi connectivity index (χ3v) is 3.34. The van der Waals surface area contributed by atoms with Crippen LogP contribution >= 0.6 is 0 Å². The first-order valence-electron chi connectivity index (χ1n) is 6.62. The average molecular weight is 328 g/mol. The van der Waals surface area contributed by atoms with Crippen molar-refractivity contribution in [3.05, 3.63) is 29.8 Å². The topological polar surface area (TPSA) is 143 Å². The molecule has 5 atom stereocenters. The van der Waals surface area contributed by atoms with Gasteiger partial charge >= 0.3 is 11.9 Å². The molecule has 0 unspecified atom stereocenters. The summed E-state index contributed by atoms with van der Waals surface area (Å²) in [4.78, 5) is 22.3. The monoisotopic (exact) mass is 328 g/mol. The number of carbonyl (C=O) groups is 2. The number of carbonyl (C=O) groups excluding carboxylic acids is 1. The van der Waals surface area contributed by atoms with Gasteiger partial charge in [-0.15, -0.1) is 0 Å². The Hall–Kier alpha value is -2.20. The zero-order valence-corrected chi connectivity index (χ0v) is 12.0. The standard InChI is InChI=1S/C14H16O9/c1-21-13(20)6-2-4-7(5-3-6)22-14-10(17)8(15)9(16)11(23-14)12(18)19/h2-5,8-11,14-17H,1H3,(H,18,19)/t8-,9-,10+,11-,14+/m0/s1. The van der Waals surface area contributed by atoms with Gasteiger partial charge in [0.25, 0.3) is 0 Å². The van der Waals surface area contributed by atoms with Crippen molar-refractivity contribution in [2.45, 2.75) is 30.7 Å². The molecule has 0 bridgehead atoms. The zero-order chi connectivity index (χ0) is 17.1. The third kappa shape index (κ3) is 3.59. The first kappa shape index (κ1) is 17.2. The summed E-state index contributed by atoms with van der Waals surface area (Å²) in [5.41, 5.74) is 0.267. The maximum absolute atomic E-state index is 11.3. The quantitative estimate of drug-likeness (QED) is 0.498. The van der Waals surface area contributed by atoms with Crippen LogP contribution < -0.4 is 4.74 Å². The Morgan fingerprint density at radius 1 is 1.04 bits per heavy atom. The predicted molar refractivity (Wildman–Crippen MR) is 72.7 cm³/mol. The van der Waals surface area contributed by atoms with Crippen molar-refractivity contribution in [3.63, 3.8) is 0 Å². The summed E-state index contributed by atoms with van der Waals surface area (Å²) in [5, 5.41) is 38.0.